The first-order valence-electron chi connectivity index (χ1n) is 6.61. The van der Waals surface area contributed by atoms with Crippen LogP contribution in [0.25, 0.3) is 0 Å². The van der Waals surface area contributed by atoms with Crippen molar-refractivity contribution in [3.63, 3.8) is 0 Å². The molecule has 0 heterocycles. The summed E-state index contributed by atoms with van der Waals surface area (Å²) in [4.78, 5) is 17.8. The molecule has 22 heavy (non-hydrogen) atoms. The quantitative estimate of drug-likeness (QED) is 0.391. The number of rotatable bonds is 2. The van der Waals surface area contributed by atoms with Crippen molar-refractivity contribution < 1.29 is 9.53 Å². The molecular formula is C15H20N4O2S. The van der Waals surface area contributed by atoms with E-state index in [0.717, 1.165) is 0 Å². The van der Waals surface area contributed by atoms with E-state index in [1.54, 1.807) is 31.3 Å². The van der Waals surface area contributed by atoms with E-state index in [-0.39, 0.29) is 0 Å². The highest BCUT2D eigenvalue weighted by atomic mass is 32.2. The van der Waals surface area contributed by atoms with Crippen molar-refractivity contribution in [2.24, 2.45) is 4.99 Å². The Morgan fingerprint density at radius 1 is 1.45 bits per heavy atom. The molecule has 6 nitrogen and oxygen atoms in total. The van der Waals surface area contributed by atoms with Crippen LogP contribution in [0.4, 0.5) is 16.2 Å². The molecule has 1 aromatic carbocycles. The van der Waals surface area contributed by atoms with Gasteiger partial charge in [0.05, 0.1) is 5.69 Å². The lowest BCUT2D eigenvalue weighted by molar-refractivity contribution is 0.0589. The van der Waals surface area contributed by atoms with Crippen LogP contribution in [0, 0.1) is 11.5 Å². The van der Waals surface area contributed by atoms with Gasteiger partial charge in [-0.3, -0.25) is 10.2 Å². The maximum atomic E-state index is 12.1. The van der Waals surface area contributed by atoms with E-state index in [0.29, 0.717) is 16.5 Å². The second-order valence-corrected chi connectivity index (χ2v) is 6.21. The minimum atomic E-state index is -0.552. The summed E-state index contributed by atoms with van der Waals surface area (Å²) in [6.45, 7) is 5.45. The molecule has 7 heteroatoms. The van der Waals surface area contributed by atoms with Crippen molar-refractivity contribution in [3.8, 4) is 6.19 Å². The topological polar surface area (TPSA) is 77.7 Å². The van der Waals surface area contributed by atoms with Crippen LogP contribution in [0.1, 0.15) is 20.8 Å². The lowest BCUT2D eigenvalue weighted by Crippen LogP contribution is -2.34. The van der Waals surface area contributed by atoms with Crippen LogP contribution in [0.3, 0.4) is 0 Å². The van der Waals surface area contributed by atoms with Crippen molar-refractivity contribution in [1.29, 1.82) is 5.26 Å². The first kappa shape index (κ1) is 17.9. The van der Waals surface area contributed by atoms with Gasteiger partial charge in [0.25, 0.3) is 0 Å². The molecule has 0 saturated carbocycles. The average Bonchev–Trinajstić information content (AvgIpc) is 2.44. The van der Waals surface area contributed by atoms with Gasteiger partial charge in [0, 0.05) is 12.7 Å². The highest BCUT2D eigenvalue weighted by molar-refractivity contribution is 8.13. The predicted molar refractivity (Wildman–Crippen MR) is 90.4 cm³/mol. The molecule has 1 N–H and O–H groups in total. The molecule has 0 radical (unpaired) electrons. The lowest BCUT2D eigenvalue weighted by Gasteiger charge is -2.24. The first-order valence-corrected chi connectivity index (χ1v) is 7.84. The molecule has 1 rings (SSSR count). The van der Waals surface area contributed by atoms with Crippen LogP contribution < -0.4 is 10.2 Å². The number of carbonyl (C=O) groups is 1. The molecule has 1 aromatic rings. The molecule has 0 aliphatic carbocycles. The monoisotopic (exact) mass is 320 g/mol. The maximum Gasteiger partial charge on any atom is 0.414 e. The highest BCUT2D eigenvalue weighted by Crippen LogP contribution is 2.23. The second kappa shape index (κ2) is 7.71. The lowest BCUT2D eigenvalue weighted by atomic mass is 10.2. The zero-order valence-corrected chi connectivity index (χ0v) is 14.2. The number of hydrogen-bond donors (Lipinski definition) is 1. The molecule has 0 atom stereocenters. The Morgan fingerprint density at radius 2 is 2.14 bits per heavy atom. The third-order valence-corrected chi connectivity index (χ3v) is 3.05. The Labute approximate surface area is 135 Å². The van der Waals surface area contributed by atoms with E-state index >= 15 is 0 Å². The third-order valence-electron chi connectivity index (χ3n) is 2.47. The van der Waals surface area contributed by atoms with Crippen molar-refractivity contribution in [1.82, 2.24) is 5.32 Å². The van der Waals surface area contributed by atoms with Crippen LogP contribution in [-0.2, 0) is 4.74 Å². The fourth-order valence-electron chi connectivity index (χ4n) is 1.50. The number of carbonyl (C=O) groups excluding carboxylic acids is 1. The van der Waals surface area contributed by atoms with Crippen molar-refractivity contribution in [3.05, 3.63) is 24.3 Å². The molecule has 1 amide bonds. The summed E-state index contributed by atoms with van der Waals surface area (Å²) in [6.07, 6.45) is 3.22. The fourth-order valence-corrected chi connectivity index (χ4v) is 1.84. The Kier molecular flexibility index (Phi) is 6.25. The molecular weight excluding hydrogens is 300 g/mol. The van der Waals surface area contributed by atoms with E-state index in [2.05, 4.69) is 10.3 Å². The number of aliphatic imine (C=N–C) groups is 1. The van der Waals surface area contributed by atoms with E-state index in [1.807, 2.05) is 33.2 Å². The van der Waals surface area contributed by atoms with Crippen LogP contribution >= 0.6 is 11.8 Å². The summed E-state index contributed by atoms with van der Waals surface area (Å²) in [7, 11) is 1.64. The van der Waals surface area contributed by atoms with Gasteiger partial charge in [-0.15, -0.1) is 0 Å². The molecule has 0 aliphatic rings. The number of nitrogens with zero attached hydrogens (tertiary/aromatic N) is 3. The molecule has 0 bridgehead atoms. The minimum Gasteiger partial charge on any atom is -0.443 e. The van der Waals surface area contributed by atoms with Gasteiger partial charge in [-0.1, -0.05) is 17.8 Å². The Morgan fingerprint density at radius 3 is 2.68 bits per heavy atom. The zero-order chi connectivity index (χ0) is 16.8. The van der Waals surface area contributed by atoms with Gasteiger partial charge >= 0.3 is 6.09 Å². The number of nitrogens with one attached hydrogen (secondary N) is 1. The highest BCUT2D eigenvalue weighted by Gasteiger charge is 2.20. The van der Waals surface area contributed by atoms with Gasteiger partial charge in [0.1, 0.15) is 5.60 Å². The van der Waals surface area contributed by atoms with Gasteiger partial charge in [-0.25, -0.2) is 9.79 Å². The second-order valence-electron chi connectivity index (χ2n) is 5.42. The summed E-state index contributed by atoms with van der Waals surface area (Å²) in [5.41, 5.74) is 0.747. The molecule has 118 valence electrons. The zero-order valence-electron chi connectivity index (χ0n) is 13.4. The SMILES string of the molecule is CSC(=Nc1cccc(N(C)C(=O)OC(C)(C)C)c1)NC#N. The van der Waals surface area contributed by atoms with Gasteiger partial charge in [0.15, 0.2) is 11.4 Å². The van der Waals surface area contributed by atoms with Crippen LogP contribution in [0.2, 0.25) is 0 Å². The minimum absolute atomic E-state index is 0.436. The van der Waals surface area contributed by atoms with Gasteiger partial charge < -0.3 is 4.74 Å². The molecule has 0 aliphatic heterocycles. The summed E-state index contributed by atoms with van der Waals surface area (Å²) < 4.78 is 5.33. The molecule has 0 unspecified atom stereocenters. The standard InChI is InChI=1S/C15H20N4O2S/c1-15(2,3)21-14(20)19(4)12-8-6-7-11(9-12)18-13(22-5)17-10-16/h6-9H,1-5H3,(H,17,18). The van der Waals surface area contributed by atoms with E-state index in [9.17, 15) is 4.79 Å². The van der Waals surface area contributed by atoms with E-state index < -0.39 is 11.7 Å². The van der Waals surface area contributed by atoms with E-state index in [4.69, 9.17) is 10.00 Å². The van der Waals surface area contributed by atoms with Crippen molar-refractivity contribution >= 4 is 34.4 Å². The smallest absolute Gasteiger partial charge is 0.414 e. The summed E-state index contributed by atoms with van der Waals surface area (Å²) in [5, 5.41) is 11.6. The normalized spacial score (nSPS) is 11.5. The Balaban J connectivity index is 2.97. The number of amidine groups is 1. The Hall–Kier alpha value is -2.20. The van der Waals surface area contributed by atoms with Crippen LogP contribution in [0.5, 0.6) is 0 Å². The summed E-state index contributed by atoms with van der Waals surface area (Å²) in [6, 6.07) is 7.12. The number of nitriles is 1. The molecule has 0 spiro atoms. The summed E-state index contributed by atoms with van der Waals surface area (Å²) >= 11 is 1.33. The number of thioether (sulfide) groups is 1. The van der Waals surface area contributed by atoms with Crippen molar-refractivity contribution in [2.75, 3.05) is 18.2 Å². The van der Waals surface area contributed by atoms with Crippen molar-refractivity contribution in [2.45, 2.75) is 26.4 Å². The average molecular weight is 320 g/mol. The largest absolute Gasteiger partial charge is 0.443 e. The number of amides is 1. The van der Waals surface area contributed by atoms with Gasteiger partial charge in [-0.2, -0.15) is 5.26 Å². The number of hydrogen-bond acceptors (Lipinski definition) is 5. The Bertz CT molecular complexity index is 602. The maximum absolute atomic E-state index is 12.1. The first-order chi connectivity index (χ1) is 10.3. The van der Waals surface area contributed by atoms with Crippen LogP contribution in [0.15, 0.2) is 29.3 Å². The fraction of sp³-hybridized carbons (Fsp3) is 0.400. The molecule has 0 fully saturated rings. The number of ether oxygens (including phenoxy) is 1. The van der Waals surface area contributed by atoms with Gasteiger partial charge in [0.2, 0.25) is 0 Å². The molecule has 0 aromatic heterocycles. The van der Waals surface area contributed by atoms with Crippen LogP contribution in [-0.4, -0.2) is 30.2 Å². The number of anilines is 1. The van der Waals surface area contributed by atoms with E-state index in [1.165, 1.54) is 16.7 Å². The summed E-state index contributed by atoms with van der Waals surface area (Å²) in [5.74, 6) is 0. The predicted octanol–water partition coefficient (Wildman–Crippen LogP) is 3.48. The number of benzene rings is 1. The van der Waals surface area contributed by atoms with Gasteiger partial charge in [-0.05, 0) is 45.2 Å². The molecule has 0 saturated heterocycles. The third kappa shape index (κ3) is 5.66.